The van der Waals surface area contributed by atoms with Crippen molar-refractivity contribution in [3.63, 3.8) is 0 Å². The summed E-state index contributed by atoms with van der Waals surface area (Å²) in [6.45, 7) is 11.5. The monoisotopic (exact) mass is 547 g/mol. The molecule has 0 spiro atoms. The Morgan fingerprint density at radius 3 is 2.05 bits per heavy atom. The third-order valence-corrected chi connectivity index (χ3v) is 5.89. The first-order chi connectivity index (χ1) is 18.3. The van der Waals surface area contributed by atoms with E-state index in [0.29, 0.717) is 30.9 Å². The normalized spacial score (nSPS) is 12.5. The Balaban J connectivity index is 2.89. The van der Waals surface area contributed by atoms with Gasteiger partial charge in [-0.05, 0) is 48.8 Å². The van der Waals surface area contributed by atoms with E-state index >= 15 is 0 Å². The van der Waals surface area contributed by atoms with Crippen molar-refractivity contribution in [3.8, 4) is 0 Å². The fraction of sp³-hybridized carbons (Fsp3) is 0.607. The highest BCUT2D eigenvalue weighted by Crippen LogP contribution is 2.13. The first-order valence-corrected chi connectivity index (χ1v) is 13.5. The van der Waals surface area contributed by atoms with Crippen molar-refractivity contribution in [1.29, 1.82) is 0 Å². The molecule has 5 amide bonds. The number of hydrogen-bond acceptors (Lipinski definition) is 6. The topological polar surface area (TPSA) is 169 Å². The van der Waals surface area contributed by atoms with Crippen LogP contribution < -0.4 is 27.0 Å². The maximum Gasteiger partial charge on any atom is 0.312 e. The highest BCUT2D eigenvalue weighted by Gasteiger charge is 2.28. The van der Waals surface area contributed by atoms with Gasteiger partial charge in [-0.3, -0.25) is 19.2 Å². The fourth-order valence-corrected chi connectivity index (χ4v) is 3.48. The van der Waals surface area contributed by atoms with Crippen LogP contribution in [0.1, 0.15) is 72.8 Å². The predicted octanol–water partition coefficient (Wildman–Crippen LogP) is 2.83. The quantitative estimate of drug-likeness (QED) is 0.157. The van der Waals surface area contributed by atoms with Gasteiger partial charge in [0, 0.05) is 18.7 Å². The van der Waals surface area contributed by atoms with Gasteiger partial charge in [-0.25, -0.2) is 4.79 Å². The Labute approximate surface area is 231 Å². The van der Waals surface area contributed by atoms with Gasteiger partial charge in [0.25, 0.3) is 0 Å². The Morgan fingerprint density at radius 1 is 0.872 bits per heavy atom. The van der Waals surface area contributed by atoms with Crippen molar-refractivity contribution in [2.24, 2.45) is 23.5 Å². The lowest BCUT2D eigenvalue weighted by Gasteiger charge is -2.25. The molecule has 1 unspecified atom stereocenters. The van der Waals surface area contributed by atoms with E-state index in [1.54, 1.807) is 38.1 Å². The van der Waals surface area contributed by atoms with Crippen LogP contribution in [0.25, 0.3) is 0 Å². The molecule has 0 aliphatic carbocycles. The molecule has 0 fully saturated rings. The number of urea groups is 1. The summed E-state index contributed by atoms with van der Waals surface area (Å²) in [5.41, 5.74) is 6.37. The molecule has 0 bridgehead atoms. The van der Waals surface area contributed by atoms with E-state index < -0.39 is 29.9 Å². The van der Waals surface area contributed by atoms with E-state index in [-0.39, 0.29) is 43.3 Å². The fourth-order valence-electron chi connectivity index (χ4n) is 3.48. The highest BCUT2D eigenvalue weighted by molar-refractivity contribution is 5.98. The van der Waals surface area contributed by atoms with Crippen molar-refractivity contribution in [2.75, 3.05) is 11.9 Å². The van der Waals surface area contributed by atoms with Crippen LogP contribution >= 0.6 is 0 Å². The molecule has 0 saturated carbocycles. The van der Waals surface area contributed by atoms with Gasteiger partial charge in [-0.1, -0.05) is 53.7 Å². The van der Waals surface area contributed by atoms with E-state index in [9.17, 15) is 24.0 Å². The van der Waals surface area contributed by atoms with Gasteiger partial charge in [0.05, 0.1) is 5.92 Å². The molecule has 0 radical (unpaired) electrons. The number of amides is 5. The number of carbonyl (C=O) groups excluding carboxylic acids is 5. The first-order valence-electron chi connectivity index (χ1n) is 13.5. The third kappa shape index (κ3) is 13.6. The number of anilines is 1. The smallest absolute Gasteiger partial charge is 0.312 e. The summed E-state index contributed by atoms with van der Waals surface area (Å²) in [5, 5.41) is 10.8. The lowest BCUT2D eigenvalue weighted by Crippen LogP contribution is -2.54. The second-order valence-electron chi connectivity index (χ2n) is 10.7. The number of benzene rings is 1. The molecule has 11 heteroatoms. The van der Waals surface area contributed by atoms with Crippen LogP contribution in [0.15, 0.2) is 24.3 Å². The zero-order valence-electron chi connectivity index (χ0n) is 24.0. The molecule has 0 aromatic heterocycles. The Hall–Kier alpha value is -3.63. The molecule has 0 saturated heterocycles. The summed E-state index contributed by atoms with van der Waals surface area (Å²) >= 11 is 0. The summed E-state index contributed by atoms with van der Waals surface area (Å²) in [4.78, 5) is 61.4. The van der Waals surface area contributed by atoms with Crippen LogP contribution in [0.3, 0.4) is 0 Å². The zero-order valence-corrected chi connectivity index (χ0v) is 24.0. The minimum Gasteiger partial charge on any atom is -0.461 e. The van der Waals surface area contributed by atoms with Gasteiger partial charge >= 0.3 is 12.0 Å². The number of nitrogens with one attached hydrogen (secondary N) is 4. The van der Waals surface area contributed by atoms with Crippen molar-refractivity contribution >= 4 is 35.4 Å². The molecule has 0 heterocycles. The average Bonchev–Trinajstić information content (AvgIpc) is 2.86. The Morgan fingerprint density at radius 2 is 1.51 bits per heavy atom. The van der Waals surface area contributed by atoms with Gasteiger partial charge in [-0.15, -0.1) is 0 Å². The molecule has 0 aliphatic rings. The van der Waals surface area contributed by atoms with Crippen LogP contribution in [0.2, 0.25) is 0 Å². The number of carbonyl (C=O) groups is 5. The third-order valence-electron chi connectivity index (χ3n) is 5.89. The molecule has 1 aromatic carbocycles. The predicted molar refractivity (Wildman–Crippen MR) is 149 cm³/mol. The van der Waals surface area contributed by atoms with Crippen molar-refractivity contribution in [3.05, 3.63) is 29.8 Å². The lowest BCUT2D eigenvalue weighted by molar-refractivity contribution is -0.148. The standard InChI is InChI=1S/C28H45N5O6/c1-17(2)9-14-23(34)33-24(18(3)4)26(36)32-22(8-7-15-30-28(29)38)25(35)31-21-12-10-20(11-13-21)16-39-27(37)19(5)6/h10-13,17-19,22,24H,7-9,14-16H2,1-6H3,(H,31,35)(H,32,36)(H,33,34)(H3,29,30,38)/t22-,24?/m0/s1. The van der Waals surface area contributed by atoms with Gasteiger partial charge in [-0.2, -0.15) is 0 Å². The van der Waals surface area contributed by atoms with Gasteiger partial charge in [0.15, 0.2) is 0 Å². The molecular formula is C28H45N5O6. The minimum atomic E-state index is -0.923. The number of rotatable bonds is 16. The zero-order chi connectivity index (χ0) is 29.5. The Bertz CT molecular complexity index is 962. The molecule has 1 aromatic rings. The van der Waals surface area contributed by atoms with E-state index in [4.69, 9.17) is 10.5 Å². The maximum atomic E-state index is 13.1. The van der Waals surface area contributed by atoms with Gasteiger partial charge in [0.1, 0.15) is 18.7 Å². The second-order valence-corrected chi connectivity index (χ2v) is 10.7. The summed E-state index contributed by atoms with van der Waals surface area (Å²) in [5.74, 6) is -1.50. The van der Waals surface area contributed by atoms with E-state index in [1.807, 2.05) is 27.7 Å². The maximum absolute atomic E-state index is 13.1. The largest absolute Gasteiger partial charge is 0.461 e. The van der Waals surface area contributed by atoms with E-state index in [1.165, 1.54) is 0 Å². The van der Waals surface area contributed by atoms with E-state index in [2.05, 4.69) is 21.3 Å². The summed E-state index contributed by atoms with van der Waals surface area (Å²) < 4.78 is 5.22. The summed E-state index contributed by atoms with van der Waals surface area (Å²) in [6, 6.07) is 4.41. The van der Waals surface area contributed by atoms with Gasteiger partial charge < -0.3 is 31.7 Å². The first kappa shape index (κ1) is 33.4. The SMILES string of the molecule is CC(C)CCC(=O)NC(C(=O)N[C@@H](CCCNC(N)=O)C(=O)Nc1ccc(COC(=O)C(C)C)cc1)C(C)C. The van der Waals surface area contributed by atoms with E-state index in [0.717, 1.165) is 5.56 Å². The molecule has 1 rings (SSSR count). The summed E-state index contributed by atoms with van der Waals surface area (Å²) in [7, 11) is 0. The number of nitrogens with two attached hydrogens (primary N) is 1. The van der Waals surface area contributed by atoms with Crippen LogP contribution in [-0.4, -0.2) is 48.4 Å². The Kier molecular flexibility index (Phi) is 14.6. The number of primary amides is 1. The van der Waals surface area contributed by atoms with Crippen molar-refractivity contribution in [1.82, 2.24) is 16.0 Å². The van der Waals surface area contributed by atoms with Crippen LogP contribution in [0.4, 0.5) is 10.5 Å². The average molecular weight is 548 g/mol. The van der Waals surface area contributed by atoms with Crippen LogP contribution in [0, 0.1) is 17.8 Å². The molecule has 6 N–H and O–H groups in total. The molecule has 39 heavy (non-hydrogen) atoms. The molecule has 218 valence electrons. The lowest BCUT2D eigenvalue weighted by atomic mass is 10.0. The van der Waals surface area contributed by atoms with Crippen LogP contribution in [0.5, 0.6) is 0 Å². The van der Waals surface area contributed by atoms with Crippen molar-refractivity contribution < 1.29 is 28.7 Å². The van der Waals surface area contributed by atoms with Crippen molar-refractivity contribution in [2.45, 2.75) is 85.9 Å². The van der Waals surface area contributed by atoms with Gasteiger partial charge in [0.2, 0.25) is 17.7 Å². The molecule has 2 atom stereocenters. The molecule has 0 aliphatic heterocycles. The minimum absolute atomic E-state index is 0.121. The molecular weight excluding hydrogens is 502 g/mol. The number of hydrogen-bond donors (Lipinski definition) is 5. The number of esters is 1. The number of ether oxygens (including phenoxy) is 1. The van der Waals surface area contributed by atoms with Crippen LogP contribution in [-0.2, 0) is 30.5 Å². The summed E-state index contributed by atoms with van der Waals surface area (Å²) in [6.07, 6.45) is 1.63. The molecule has 11 nitrogen and oxygen atoms in total. The second kappa shape index (κ2) is 17.1. The highest BCUT2D eigenvalue weighted by atomic mass is 16.5.